The summed E-state index contributed by atoms with van der Waals surface area (Å²) in [4.78, 5) is 23.2. The molecular weight excluding hydrogens is 412 g/mol. The minimum atomic E-state index is -0.543. The number of halogens is 1. The van der Waals surface area contributed by atoms with E-state index in [2.05, 4.69) is 10.4 Å². The average molecular weight is 427 g/mol. The third-order valence-corrected chi connectivity index (χ3v) is 4.75. The number of nitro groups is 1. The topological polar surface area (TPSA) is 109 Å². The van der Waals surface area contributed by atoms with Gasteiger partial charge in [-0.05, 0) is 23.8 Å². The van der Waals surface area contributed by atoms with Gasteiger partial charge in [-0.15, -0.1) is 0 Å². The summed E-state index contributed by atoms with van der Waals surface area (Å²) in [6.07, 6.45) is 4.11. The zero-order chi connectivity index (χ0) is 21.1. The molecule has 30 heavy (non-hydrogen) atoms. The fraction of sp³-hybridized carbons (Fsp3) is 0.100. The van der Waals surface area contributed by atoms with E-state index in [1.807, 2.05) is 18.2 Å². The molecule has 1 aliphatic heterocycles. The highest BCUT2D eigenvalue weighted by Crippen LogP contribution is 2.38. The zero-order valence-electron chi connectivity index (χ0n) is 15.4. The van der Waals surface area contributed by atoms with E-state index in [0.717, 1.165) is 5.56 Å². The number of nitrogens with zero attached hydrogens (tertiary/aromatic N) is 3. The Morgan fingerprint density at radius 3 is 2.80 bits per heavy atom. The number of hydrogen-bond acceptors (Lipinski definition) is 6. The predicted molar refractivity (Wildman–Crippen MR) is 110 cm³/mol. The Morgan fingerprint density at radius 1 is 1.27 bits per heavy atom. The van der Waals surface area contributed by atoms with E-state index >= 15 is 0 Å². The number of nitro benzene ring substituents is 1. The summed E-state index contributed by atoms with van der Waals surface area (Å²) < 4.78 is 12.0. The van der Waals surface area contributed by atoms with Crippen LogP contribution >= 0.6 is 11.6 Å². The summed E-state index contributed by atoms with van der Waals surface area (Å²) in [5.74, 6) is 0.679. The lowest BCUT2D eigenvalue weighted by atomic mass is 10.1. The van der Waals surface area contributed by atoms with Crippen LogP contribution in [-0.2, 0) is 11.3 Å². The van der Waals surface area contributed by atoms with Gasteiger partial charge in [0.05, 0.1) is 29.3 Å². The Bertz CT molecular complexity index is 1160. The number of amides is 1. The van der Waals surface area contributed by atoms with Crippen LogP contribution in [-0.4, -0.2) is 27.4 Å². The van der Waals surface area contributed by atoms with Crippen molar-refractivity contribution in [3.8, 4) is 11.5 Å². The maximum atomic E-state index is 12.4. The molecule has 1 amide bonds. The molecule has 1 N–H and O–H groups in total. The fourth-order valence-corrected chi connectivity index (χ4v) is 3.12. The molecule has 0 atom stereocenters. The average Bonchev–Trinajstić information content (AvgIpc) is 3.36. The largest absolute Gasteiger partial charge is 0.454 e. The molecule has 4 rings (SSSR count). The van der Waals surface area contributed by atoms with E-state index in [9.17, 15) is 14.9 Å². The molecule has 2 aromatic carbocycles. The molecule has 9 nitrogen and oxygen atoms in total. The van der Waals surface area contributed by atoms with Gasteiger partial charge in [0, 0.05) is 17.2 Å². The Balaban J connectivity index is 1.50. The van der Waals surface area contributed by atoms with Crippen molar-refractivity contribution in [2.75, 3.05) is 12.1 Å². The summed E-state index contributed by atoms with van der Waals surface area (Å²) in [5.41, 5.74) is 0.890. The van der Waals surface area contributed by atoms with E-state index in [0.29, 0.717) is 28.9 Å². The Morgan fingerprint density at radius 2 is 2.03 bits per heavy atom. The maximum Gasteiger partial charge on any atom is 0.280 e. The van der Waals surface area contributed by atoms with Crippen molar-refractivity contribution >= 4 is 35.1 Å². The molecule has 0 saturated heterocycles. The van der Waals surface area contributed by atoms with Crippen molar-refractivity contribution in [2.24, 2.45) is 0 Å². The highest BCUT2D eigenvalue weighted by molar-refractivity contribution is 6.31. The Hall–Kier alpha value is -3.85. The van der Waals surface area contributed by atoms with Crippen molar-refractivity contribution in [3.05, 3.63) is 81.0 Å². The second-order valence-corrected chi connectivity index (χ2v) is 6.72. The van der Waals surface area contributed by atoms with Crippen molar-refractivity contribution in [1.82, 2.24) is 9.78 Å². The number of anilines is 1. The number of aromatic nitrogens is 2. The molecule has 3 aromatic rings. The molecule has 1 aliphatic rings. The summed E-state index contributed by atoms with van der Waals surface area (Å²) in [7, 11) is 0. The molecule has 0 spiro atoms. The first-order valence-electron chi connectivity index (χ1n) is 8.83. The van der Waals surface area contributed by atoms with Crippen LogP contribution in [0.5, 0.6) is 11.5 Å². The minimum absolute atomic E-state index is 0.00440. The third-order valence-electron chi connectivity index (χ3n) is 4.38. The van der Waals surface area contributed by atoms with E-state index in [1.54, 1.807) is 23.0 Å². The van der Waals surface area contributed by atoms with Crippen LogP contribution in [0.4, 0.5) is 11.5 Å². The van der Waals surface area contributed by atoms with E-state index in [4.69, 9.17) is 21.1 Å². The van der Waals surface area contributed by atoms with Gasteiger partial charge in [0.1, 0.15) is 5.82 Å². The van der Waals surface area contributed by atoms with Crippen LogP contribution in [0.25, 0.3) is 6.08 Å². The van der Waals surface area contributed by atoms with Gasteiger partial charge in [0.25, 0.3) is 5.69 Å². The molecular formula is C20H15ClN4O5. The van der Waals surface area contributed by atoms with Gasteiger partial charge in [-0.2, -0.15) is 5.10 Å². The van der Waals surface area contributed by atoms with Gasteiger partial charge in [0.15, 0.2) is 11.5 Å². The number of benzene rings is 2. The molecule has 1 aromatic heterocycles. The lowest BCUT2D eigenvalue weighted by Gasteiger charge is -2.09. The van der Waals surface area contributed by atoms with E-state index < -0.39 is 10.8 Å². The van der Waals surface area contributed by atoms with Gasteiger partial charge in [-0.1, -0.05) is 29.8 Å². The normalized spacial score (nSPS) is 12.3. The molecule has 10 heteroatoms. The first kappa shape index (κ1) is 19.5. The highest BCUT2D eigenvalue weighted by atomic mass is 35.5. The zero-order valence-corrected chi connectivity index (χ0v) is 16.2. The van der Waals surface area contributed by atoms with Gasteiger partial charge in [-0.3, -0.25) is 14.9 Å². The van der Waals surface area contributed by atoms with Crippen LogP contribution in [0.15, 0.2) is 54.7 Å². The van der Waals surface area contributed by atoms with Crippen LogP contribution < -0.4 is 14.8 Å². The van der Waals surface area contributed by atoms with Crippen molar-refractivity contribution < 1.29 is 19.2 Å². The number of hydrogen-bond donors (Lipinski definition) is 1. The lowest BCUT2D eigenvalue weighted by Crippen LogP contribution is -2.14. The monoisotopic (exact) mass is 426 g/mol. The standard InChI is InChI=1S/C20H15ClN4O5/c21-15-4-2-1-3-14(15)11-24-19(7-8-22-24)23-20(26)6-5-13-9-17-18(30-12-29-17)10-16(13)25(27)28/h1-10H,11-12H2,(H,23,26)/b6-5+. The predicted octanol–water partition coefficient (Wildman–Crippen LogP) is 3.87. The lowest BCUT2D eigenvalue weighted by molar-refractivity contribution is -0.385. The first-order valence-corrected chi connectivity index (χ1v) is 9.21. The number of nitrogens with one attached hydrogen (secondary N) is 1. The van der Waals surface area contributed by atoms with Crippen molar-refractivity contribution in [1.29, 1.82) is 0 Å². The van der Waals surface area contributed by atoms with Gasteiger partial charge in [-0.25, -0.2) is 4.68 Å². The van der Waals surface area contributed by atoms with Crippen LogP contribution in [0, 0.1) is 10.1 Å². The molecule has 0 radical (unpaired) electrons. The Labute approximate surface area is 175 Å². The van der Waals surface area contributed by atoms with Crippen LogP contribution in [0.3, 0.4) is 0 Å². The summed E-state index contributed by atoms with van der Waals surface area (Å²) in [6, 6.07) is 11.7. The first-order chi connectivity index (χ1) is 14.5. The number of ether oxygens (including phenoxy) is 2. The number of carbonyl (C=O) groups is 1. The summed E-state index contributed by atoms with van der Waals surface area (Å²) >= 11 is 6.18. The van der Waals surface area contributed by atoms with Gasteiger partial charge >= 0.3 is 0 Å². The Kier molecular flexibility index (Phi) is 5.36. The summed E-state index contributed by atoms with van der Waals surface area (Å²) in [5, 5.41) is 18.8. The maximum absolute atomic E-state index is 12.4. The second-order valence-electron chi connectivity index (χ2n) is 6.31. The highest BCUT2D eigenvalue weighted by Gasteiger charge is 2.22. The smallest absolute Gasteiger partial charge is 0.280 e. The van der Waals surface area contributed by atoms with Crippen molar-refractivity contribution in [3.63, 3.8) is 0 Å². The molecule has 0 unspecified atom stereocenters. The van der Waals surface area contributed by atoms with E-state index in [-0.39, 0.29) is 18.0 Å². The van der Waals surface area contributed by atoms with Crippen LogP contribution in [0.2, 0.25) is 5.02 Å². The fourth-order valence-electron chi connectivity index (χ4n) is 2.92. The molecule has 0 saturated carbocycles. The molecule has 0 bridgehead atoms. The van der Waals surface area contributed by atoms with Crippen molar-refractivity contribution in [2.45, 2.75) is 6.54 Å². The van der Waals surface area contributed by atoms with Gasteiger partial charge in [0.2, 0.25) is 12.7 Å². The van der Waals surface area contributed by atoms with E-state index in [1.165, 1.54) is 24.3 Å². The third kappa shape index (κ3) is 4.11. The molecule has 0 fully saturated rings. The number of carbonyl (C=O) groups excluding carboxylic acids is 1. The summed E-state index contributed by atoms with van der Waals surface area (Å²) in [6.45, 7) is 0.370. The molecule has 2 heterocycles. The second kappa shape index (κ2) is 8.26. The number of fused-ring (bicyclic) bond motifs is 1. The number of rotatable bonds is 6. The SMILES string of the molecule is O=C(/C=C/c1cc2c(cc1[N+](=O)[O-])OCO2)Nc1ccnn1Cc1ccccc1Cl. The van der Waals surface area contributed by atoms with Gasteiger partial charge < -0.3 is 14.8 Å². The molecule has 0 aliphatic carbocycles. The quantitative estimate of drug-likeness (QED) is 0.364. The molecule has 152 valence electrons. The van der Waals surface area contributed by atoms with Crippen LogP contribution in [0.1, 0.15) is 11.1 Å². The minimum Gasteiger partial charge on any atom is -0.454 e.